The number of ether oxygens (including phenoxy) is 1. The smallest absolute Gasteiger partial charge is 0.265 e. The molecule has 226 valence electrons. The summed E-state index contributed by atoms with van der Waals surface area (Å²) in [6, 6.07) is 11.0. The molecule has 0 bridgehead atoms. The van der Waals surface area contributed by atoms with Crippen LogP contribution >= 0.6 is 0 Å². The van der Waals surface area contributed by atoms with Gasteiger partial charge in [-0.05, 0) is 24.5 Å². The van der Waals surface area contributed by atoms with Gasteiger partial charge in [0.2, 0.25) is 0 Å². The molecule has 2 aromatic carbocycles. The Kier molecular flexibility index (Phi) is 13.4. The normalized spacial score (nSPS) is 17.2. The summed E-state index contributed by atoms with van der Waals surface area (Å²) in [6.07, 6.45) is -2.82. The zero-order chi connectivity index (χ0) is 30.6. The first kappa shape index (κ1) is 33.9. The van der Waals surface area contributed by atoms with E-state index < -0.39 is 36.3 Å². The second-order valence-corrected chi connectivity index (χ2v) is 8.95. The summed E-state index contributed by atoms with van der Waals surface area (Å²) in [5.74, 6) is -2.03. The van der Waals surface area contributed by atoms with E-state index in [0.29, 0.717) is 25.1 Å². The number of halogens is 4. The van der Waals surface area contributed by atoms with Gasteiger partial charge < -0.3 is 25.2 Å². The average Bonchev–Trinajstić information content (AvgIpc) is 3.02. The number of aliphatic hydroxyl groups excluding tert-OH is 2. The maximum atomic E-state index is 14.6. The van der Waals surface area contributed by atoms with Crippen molar-refractivity contribution in [3.63, 3.8) is 0 Å². The fourth-order valence-electron chi connectivity index (χ4n) is 4.67. The van der Waals surface area contributed by atoms with Crippen molar-refractivity contribution < 1.29 is 32.5 Å². The highest BCUT2D eigenvalue weighted by Gasteiger charge is 2.46. The van der Waals surface area contributed by atoms with E-state index in [1.807, 2.05) is 58.0 Å². The van der Waals surface area contributed by atoms with E-state index in [1.54, 1.807) is 4.90 Å². The average molecular weight is 581 g/mol. The maximum absolute atomic E-state index is 14.6. The molecular weight excluding hydrogens is 540 g/mol. The van der Waals surface area contributed by atoms with E-state index in [9.17, 15) is 27.8 Å². The number of anilines is 1. The van der Waals surface area contributed by atoms with Crippen molar-refractivity contribution in [2.45, 2.75) is 71.8 Å². The summed E-state index contributed by atoms with van der Waals surface area (Å²) < 4.78 is 61.1. The summed E-state index contributed by atoms with van der Waals surface area (Å²) in [5, 5.41) is 23.7. The first-order chi connectivity index (χ1) is 19.8. The summed E-state index contributed by atoms with van der Waals surface area (Å²) in [6.45, 7) is 8.14. The van der Waals surface area contributed by atoms with Crippen LogP contribution in [0.5, 0.6) is 5.75 Å². The molecule has 0 radical (unpaired) electrons. The van der Waals surface area contributed by atoms with Gasteiger partial charge >= 0.3 is 0 Å². The van der Waals surface area contributed by atoms with Crippen LogP contribution in [0.4, 0.5) is 23.2 Å². The van der Waals surface area contributed by atoms with Crippen LogP contribution in [0.25, 0.3) is 11.4 Å². The quantitative estimate of drug-likeness (QED) is 0.279. The minimum atomic E-state index is -2.98. The van der Waals surface area contributed by atoms with E-state index in [2.05, 4.69) is 15.3 Å². The molecule has 1 fully saturated rings. The maximum Gasteiger partial charge on any atom is 0.265 e. The fourth-order valence-corrected chi connectivity index (χ4v) is 4.67. The van der Waals surface area contributed by atoms with E-state index >= 15 is 0 Å². The van der Waals surface area contributed by atoms with Crippen LogP contribution in [0.2, 0.25) is 0 Å². The standard InChI is InChI=1S/C26H28F4N4O3.2C2H6/c1-37-22-11-18(27)17(10-19(22)28)25-31-13-21(20(14-35)33-25)34-9-5-8-26(15-34,23(36)24(29)30)32-12-16-6-3-2-4-7-16;2*1-2/h2-4,6-7,10-11,13,23-24,32,35-36H,5,8-9,12,14-15H2,1H3;2*1-2H3. The Balaban J connectivity index is 0.00000141. The van der Waals surface area contributed by atoms with Crippen LogP contribution in [0, 0.1) is 11.6 Å². The topological polar surface area (TPSA) is 90.7 Å². The fraction of sp³-hybridized carbons (Fsp3) is 0.467. The van der Waals surface area contributed by atoms with Crippen molar-refractivity contribution in [3.05, 3.63) is 71.6 Å². The van der Waals surface area contributed by atoms with Crippen molar-refractivity contribution in [2.24, 2.45) is 0 Å². The first-order valence-corrected chi connectivity index (χ1v) is 13.8. The van der Waals surface area contributed by atoms with Crippen LogP contribution < -0.4 is 15.0 Å². The number of aliphatic hydroxyl groups is 2. The molecule has 3 aromatic rings. The Morgan fingerprint density at radius 1 is 1.07 bits per heavy atom. The lowest BCUT2D eigenvalue weighted by molar-refractivity contribution is -0.0658. The van der Waals surface area contributed by atoms with Crippen LogP contribution in [-0.2, 0) is 13.2 Å². The molecular formula is C30H40F4N4O3. The molecule has 2 unspecified atom stereocenters. The van der Waals surface area contributed by atoms with E-state index in [-0.39, 0.29) is 35.9 Å². The minimum Gasteiger partial charge on any atom is -0.494 e. The summed E-state index contributed by atoms with van der Waals surface area (Å²) in [4.78, 5) is 10.1. The number of methoxy groups -OCH3 is 1. The number of nitrogens with one attached hydrogen (secondary N) is 1. The molecule has 1 aromatic heterocycles. The predicted octanol–water partition coefficient (Wildman–Crippen LogP) is 5.73. The van der Waals surface area contributed by atoms with Crippen molar-refractivity contribution >= 4 is 5.69 Å². The number of nitrogens with zero attached hydrogens (tertiary/aromatic N) is 3. The van der Waals surface area contributed by atoms with Crippen molar-refractivity contribution in [1.29, 1.82) is 0 Å². The lowest BCUT2D eigenvalue weighted by atomic mass is 9.83. The number of benzene rings is 2. The van der Waals surface area contributed by atoms with Crippen molar-refractivity contribution in [1.82, 2.24) is 15.3 Å². The Bertz CT molecular complexity index is 1220. The summed E-state index contributed by atoms with van der Waals surface area (Å²) >= 11 is 0. The number of aromatic nitrogens is 2. The zero-order valence-electron chi connectivity index (χ0n) is 24.2. The van der Waals surface area contributed by atoms with Crippen molar-refractivity contribution in [2.75, 3.05) is 25.1 Å². The van der Waals surface area contributed by atoms with Gasteiger partial charge in [-0.3, -0.25) is 0 Å². The second kappa shape index (κ2) is 16.2. The number of hydrogen-bond donors (Lipinski definition) is 3. The predicted molar refractivity (Wildman–Crippen MR) is 152 cm³/mol. The molecule has 2 heterocycles. The van der Waals surface area contributed by atoms with Gasteiger partial charge in [0.05, 0.1) is 42.4 Å². The van der Waals surface area contributed by atoms with Crippen LogP contribution in [0.1, 0.15) is 51.8 Å². The molecule has 1 saturated heterocycles. The Labute approximate surface area is 239 Å². The molecule has 0 saturated carbocycles. The monoisotopic (exact) mass is 580 g/mol. The van der Waals surface area contributed by atoms with Crippen LogP contribution in [0.15, 0.2) is 48.7 Å². The molecule has 41 heavy (non-hydrogen) atoms. The van der Waals surface area contributed by atoms with Gasteiger partial charge in [0.1, 0.15) is 11.9 Å². The third-order valence-electron chi connectivity index (χ3n) is 6.63. The number of alkyl halides is 2. The van der Waals surface area contributed by atoms with Gasteiger partial charge in [-0.15, -0.1) is 0 Å². The lowest BCUT2D eigenvalue weighted by Gasteiger charge is -2.47. The lowest BCUT2D eigenvalue weighted by Crippen LogP contribution is -2.65. The van der Waals surface area contributed by atoms with Gasteiger partial charge in [-0.2, -0.15) is 0 Å². The highest BCUT2D eigenvalue weighted by molar-refractivity contribution is 5.61. The van der Waals surface area contributed by atoms with Gasteiger partial charge in [0.15, 0.2) is 17.4 Å². The molecule has 11 heteroatoms. The molecule has 0 amide bonds. The third-order valence-corrected chi connectivity index (χ3v) is 6.63. The van der Waals surface area contributed by atoms with Crippen LogP contribution in [-0.4, -0.2) is 58.4 Å². The molecule has 0 spiro atoms. The minimum absolute atomic E-state index is 0.00737. The molecule has 3 N–H and O–H groups in total. The molecule has 0 aliphatic carbocycles. The zero-order valence-corrected chi connectivity index (χ0v) is 24.2. The molecule has 7 nitrogen and oxygen atoms in total. The Hall–Kier alpha value is -3.28. The third kappa shape index (κ3) is 8.15. The number of hydrogen-bond acceptors (Lipinski definition) is 7. The van der Waals surface area contributed by atoms with Gasteiger partial charge in [0.25, 0.3) is 6.43 Å². The van der Waals surface area contributed by atoms with E-state index in [1.165, 1.54) is 13.3 Å². The Morgan fingerprint density at radius 3 is 2.37 bits per heavy atom. The highest BCUT2D eigenvalue weighted by atomic mass is 19.3. The van der Waals surface area contributed by atoms with Crippen LogP contribution in [0.3, 0.4) is 0 Å². The second-order valence-electron chi connectivity index (χ2n) is 8.95. The van der Waals surface area contributed by atoms with Gasteiger partial charge in [-0.1, -0.05) is 58.0 Å². The summed E-state index contributed by atoms with van der Waals surface area (Å²) in [7, 11) is 1.21. The van der Waals surface area contributed by atoms with Gasteiger partial charge in [0, 0.05) is 25.7 Å². The molecule has 4 rings (SSSR count). The first-order valence-electron chi connectivity index (χ1n) is 13.8. The number of piperidine rings is 1. The van der Waals surface area contributed by atoms with Gasteiger partial charge in [-0.25, -0.2) is 27.5 Å². The van der Waals surface area contributed by atoms with E-state index in [0.717, 1.165) is 17.7 Å². The largest absolute Gasteiger partial charge is 0.494 e. The SMILES string of the molecule is CC.CC.COc1cc(F)c(-c2ncc(N3CCCC(NCc4ccccc4)(C(O)C(F)F)C3)c(CO)n2)cc1F. The highest BCUT2D eigenvalue weighted by Crippen LogP contribution is 2.34. The number of rotatable bonds is 9. The molecule has 2 atom stereocenters. The summed E-state index contributed by atoms with van der Waals surface area (Å²) in [5.41, 5.74) is -0.222. The molecule has 1 aliphatic heterocycles. The molecule has 1 aliphatic rings. The Morgan fingerprint density at radius 2 is 1.76 bits per heavy atom. The van der Waals surface area contributed by atoms with Crippen molar-refractivity contribution in [3.8, 4) is 17.1 Å². The van der Waals surface area contributed by atoms with E-state index in [4.69, 9.17) is 4.74 Å².